The third-order valence-corrected chi connectivity index (χ3v) is 13.0. The third-order valence-electron chi connectivity index (χ3n) is 13.0. The molecule has 0 aliphatic heterocycles. The molecule has 0 radical (unpaired) electrons. The SMILES string of the molecule is c1ccc(-c2ccc(-n3c4ccccc4c4c(-c5ccccc5-n5c6ccccc6c6c5ccc5c7ccccc7n(-c7ccccc7)c56)cccc43)c(-c3ccccc3)c2)cc1. The van der Waals surface area contributed by atoms with Crippen molar-refractivity contribution in [3.8, 4) is 50.4 Å². The van der Waals surface area contributed by atoms with Gasteiger partial charge in [-0.15, -0.1) is 0 Å². The first-order chi connectivity index (χ1) is 31.3. The standard InChI is InChI=1S/C60H39N3/c1-4-19-40(20-5-1)42-35-37-55(50(39-42)41-21-6-2-7-22-41)63-53-32-16-12-27-48(53)58-46(29-18-34-56(58)63)44-25-10-15-31-52(44)62-54-33-17-13-28-49(54)59-57(62)38-36-47-45-26-11-14-30-51(45)61(60(47)59)43-23-8-3-9-24-43/h1-39H. The predicted octanol–water partition coefficient (Wildman–Crippen LogP) is 16.0. The van der Waals surface area contributed by atoms with Gasteiger partial charge in [0.15, 0.2) is 0 Å². The molecule has 3 aromatic heterocycles. The quantitative estimate of drug-likeness (QED) is 0.159. The molecule has 0 aliphatic carbocycles. The fourth-order valence-corrected chi connectivity index (χ4v) is 10.4. The molecule has 0 bridgehead atoms. The topological polar surface area (TPSA) is 14.8 Å². The minimum absolute atomic E-state index is 1.15. The van der Waals surface area contributed by atoms with E-state index in [1.165, 1.54) is 98.8 Å². The summed E-state index contributed by atoms with van der Waals surface area (Å²) in [5.74, 6) is 0. The van der Waals surface area contributed by atoms with E-state index in [1.54, 1.807) is 0 Å². The Kier molecular flexibility index (Phi) is 7.91. The molecule has 3 nitrogen and oxygen atoms in total. The first kappa shape index (κ1) is 35.4. The van der Waals surface area contributed by atoms with Crippen LogP contribution >= 0.6 is 0 Å². The first-order valence-electron chi connectivity index (χ1n) is 21.7. The summed E-state index contributed by atoms with van der Waals surface area (Å²) in [6.07, 6.45) is 0. The van der Waals surface area contributed by atoms with Gasteiger partial charge in [-0.3, -0.25) is 0 Å². The summed E-state index contributed by atoms with van der Waals surface area (Å²) in [4.78, 5) is 0. The Labute approximate surface area is 364 Å². The summed E-state index contributed by atoms with van der Waals surface area (Å²) >= 11 is 0. The van der Waals surface area contributed by atoms with Crippen LogP contribution in [0.2, 0.25) is 0 Å². The molecule has 0 amide bonds. The van der Waals surface area contributed by atoms with Crippen LogP contribution in [0.25, 0.3) is 116 Å². The Morgan fingerprint density at radius 2 is 0.746 bits per heavy atom. The van der Waals surface area contributed by atoms with E-state index >= 15 is 0 Å². The smallest absolute Gasteiger partial charge is 0.0641 e. The van der Waals surface area contributed by atoms with Gasteiger partial charge in [-0.1, -0.05) is 176 Å². The van der Waals surface area contributed by atoms with Crippen molar-refractivity contribution in [3.05, 3.63) is 237 Å². The molecule has 0 saturated carbocycles. The van der Waals surface area contributed by atoms with Crippen LogP contribution in [-0.4, -0.2) is 13.7 Å². The lowest BCUT2D eigenvalue weighted by atomic mass is 9.97. The number of hydrogen-bond acceptors (Lipinski definition) is 0. The van der Waals surface area contributed by atoms with E-state index in [2.05, 4.69) is 250 Å². The average molecular weight is 802 g/mol. The number of aromatic nitrogens is 3. The fraction of sp³-hybridized carbons (Fsp3) is 0. The van der Waals surface area contributed by atoms with Gasteiger partial charge >= 0.3 is 0 Å². The number of benzene rings is 10. The van der Waals surface area contributed by atoms with Crippen LogP contribution in [0, 0.1) is 0 Å². The number of fused-ring (bicyclic) bond motifs is 10. The van der Waals surface area contributed by atoms with Gasteiger partial charge in [0.2, 0.25) is 0 Å². The summed E-state index contributed by atoms with van der Waals surface area (Å²) in [6, 6.07) is 86.4. The van der Waals surface area contributed by atoms with Crippen molar-refractivity contribution < 1.29 is 0 Å². The van der Waals surface area contributed by atoms with Gasteiger partial charge in [0.05, 0.1) is 44.5 Å². The van der Waals surface area contributed by atoms with Crippen molar-refractivity contribution in [3.63, 3.8) is 0 Å². The zero-order valence-electron chi connectivity index (χ0n) is 34.4. The monoisotopic (exact) mass is 801 g/mol. The minimum atomic E-state index is 1.15. The molecule has 0 unspecified atom stereocenters. The van der Waals surface area contributed by atoms with Gasteiger partial charge in [-0.25, -0.2) is 0 Å². The lowest BCUT2D eigenvalue weighted by Gasteiger charge is -2.17. The molecule has 10 aromatic carbocycles. The highest BCUT2D eigenvalue weighted by Crippen LogP contribution is 2.46. The lowest BCUT2D eigenvalue weighted by Crippen LogP contribution is -1.99. The molecule has 0 aliphatic rings. The van der Waals surface area contributed by atoms with Crippen molar-refractivity contribution in [1.29, 1.82) is 0 Å². The molecular formula is C60H39N3. The molecule has 63 heavy (non-hydrogen) atoms. The van der Waals surface area contributed by atoms with Gasteiger partial charge in [0, 0.05) is 49.1 Å². The summed E-state index contributed by atoms with van der Waals surface area (Å²) in [5.41, 5.74) is 17.7. The largest absolute Gasteiger partial charge is 0.309 e. The maximum absolute atomic E-state index is 2.50. The van der Waals surface area contributed by atoms with Crippen LogP contribution < -0.4 is 0 Å². The van der Waals surface area contributed by atoms with Crippen LogP contribution in [0.1, 0.15) is 0 Å². The van der Waals surface area contributed by atoms with Crippen molar-refractivity contribution in [2.24, 2.45) is 0 Å². The van der Waals surface area contributed by atoms with E-state index in [0.717, 1.165) is 17.1 Å². The third kappa shape index (κ3) is 5.33. The van der Waals surface area contributed by atoms with Gasteiger partial charge in [0.1, 0.15) is 0 Å². The Bertz CT molecular complexity index is 3890. The van der Waals surface area contributed by atoms with Crippen LogP contribution in [0.4, 0.5) is 0 Å². The lowest BCUT2D eigenvalue weighted by molar-refractivity contribution is 1.17. The molecule has 0 fully saturated rings. The highest BCUT2D eigenvalue weighted by atomic mass is 15.0. The second kappa shape index (κ2) is 14.1. The highest BCUT2D eigenvalue weighted by molar-refractivity contribution is 6.26. The molecule has 3 heteroatoms. The number of hydrogen-bond donors (Lipinski definition) is 0. The van der Waals surface area contributed by atoms with Gasteiger partial charge in [-0.05, 0) is 82.9 Å². The molecule has 3 heterocycles. The van der Waals surface area contributed by atoms with E-state index in [4.69, 9.17) is 0 Å². The number of rotatable bonds is 6. The fourth-order valence-electron chi connectivity index (χ4n) is 10.4. The number of nitrogens with zero attached hydrogens (tertiary/aromatic N) is 3. The molecule has 13 rings (SSSR count). The summed E-state index contributed by atoms with van der Waals surface area (Å²) in [7, 11) is 0. The summed E-state index contributed by atoms with van der Waals surface area (Å²) in [6.45, 7) is 0. The Morgan fingerprint density at radius 3 is 1.46 bits per heavy atom. The first-order valence-corrected chi connectivity index (χ1v) is 21.7. The average Bonchev–Trinajstić information content (AvgIpc) is 4.00. The summed E-state index contributed by atoms with van der Waals surface area (Å²) < 4.78 is 7.44. The Balaban J connectivity index is 1.09. The zero-order valence-corrected chi connectivity index (χ0v) is 34.4. The molecule has 13 aromatic rings. The van der Waals surface area contributed by atoms with E-state index < -0.39 is 0 Å². The molecule has 0 spiro atoms. The maximum Gasteiger partial charge on any atom is 0.0641 e. The van der Waals surface area contributed by atoms with Crippen molar-refractivity contribution >= 4 is 65.4 Å². The molecule has 0 saturated heterocycles. The van der Waals surface area contributed by atoms with Crippen molar-refractivity contribution in [2.45, 2.75) is 0 Å². The van der Waals surface area contributed by atoms with Crippen molar-refractivity contribution in [2.75, 3.05) is 0 Å². The van der Waals surface area contributed by atoms with Crippen LogP contribution in [0.3, 0.4) is 0 Å². The Hall–Kier alpha value is -8.40. The maximum atomic E-state index is 2.50. The van der Waals surface area contributed by atoms with E-state index in [1.807, 2.05) is 0 Å². The van der Waals surface area contributed by atoms with E-state index in [9.17, 15) is 0 Å². The molecular weight excluding hydrogens is 763 g/mol. The molecule has 0 N–H and O–H groups in total. The van der Waals surface area contributed by atoms with E-state index in [0.29, 0.717) is 0 Å². The van der Waals surface area contributed by atoms with Gasteiger partial charge < -0.3 is 13.7 Å². The van der Waals surface area contributed by atoms with E-state index in [-0.39, 0.29) is 0 Å². The van der Waals surface area contributed by atoms with Crippen LogP contribution in [-0.2, 0) is 0 Å². The summed E-state index contributed by atoms with van der Waals surface area (Å²) in [5, 5.41) is 7.45. The second-order valence-electron chi connectivity index (χ2n) is 16.4. The van der Waals surface area contributed by atoms with Crippen LogP contribution in [0.15, 0.2) is 237 Å². The Morgan fingerprint density at radius 1 is 0.238 bits per heavy atom. The minimum Gasteiger partial charge on any atom is -0.309 e. The normalized spacial score (nSPS) is 11.8. The molecule has 294 valence electrons. The number of para-hydroxylation sites is 5. The van der Waals surface area contributed by atoms with Crippen LogP contribution in [0.5, 0.6) is 0 Å². The van der Waals surface area contributed by atoms with Gasteiger partial charge in [-0.2, -0.15) is 0 Å². The van der Waals surface area contributed by atoms with Crippen molar-refractivity contribution in [1.82, 2.24) is 13.7 Å². The van der Waals surface area contributed by atoms with Gasteiger partial charge in [0.25, 0.3) is 0 Å². The molecule has 0 atom stereocenters. The second-order valence-corrected chi connectivity index (χ2v) is 16.4. The highest BCUT2D eigenvalue weighted by Gasteiger charge is 2.24. The predicted molar refractivity (Wildman–Crippen MR) is 266 cm³/mol. The zero-order chi connectivity index (χ0) is 41.4.